The maximum absolute atomic E-state index is 13.2. The van der Waals surface area contributed by atoms with Crippen LogP contribution in [0.3, 0.4) is 0 Å². The molecule has 1 saturated carbocycles. The minimum atomic E-state index is -1.48. The third kappa shape index (κ3) is 4.44. The van der Waals surface area contributed by atoms with Crippen molar-refractivity contribution in [3.63, 3.8) is 0 Å². The number of rotatable bonds is 6. The van der Waals surface area contributed by atoms with Crippen LogP contribution in [0, 0.1) is 11.3 Å². The molecule has 0 amide bonds. The standard InChI is InChI=1S/C30H40O12/c1-9-10-23(34)39-19-12-18(36-15(3)31)14(2)11-22-30(29(8,42-30)26(35)40-22)25(38-17(5)33)24-27(19,6)20(37-16(4)32)13-21-28(24,7)41-21/h11,18-22,24-25H,9-10,12-13H2,1-8H3/b14-11-/t18-,19+,20+,21+,22+,24-,25+,27+,28+,29+,30-/m1/s1. The van der Waals surface area contributed by atoms with Crippen LogP contribution in [0.25, 0.3) is 0 Å². The Kier molecular flexibility index (Phi) is 7.28. The molecular formula is C30H40O12. The maximum atomic E-state index is 13.2. The van der Waals surface area contributed by atoms with Gasteiger partial charge < -0.3 is 33.2 Å². The third-order valence-corrected chi connectivity index (χ3v) is 9.92. The van der Waals surface area contributed by atoms with Crippen LogP contribution in [0.2, 0.25) is 0 Å². The average Bonchev–Trinajstić information content (AvgIpc) is 3.70. The van der Waals surface area contributed by atoms with Gasteiger partial charge in [0.25, 0.3) is 0 Å². The van der Waals surface area contributed by atoms with Gasteiger partial charge in [0.05, 0.1) is 17.1 Å². The second kappa shape index (κ2) is 10.0. The van der Waals surface area contributed by atoms with Crippen molar-refractivity contribution in [3.05, 3.63) is 11.6 Å². The number of ether oxygens (including phenoxy) is 7. The zero-order chi connectivity index (χ0) is 31.0. The van der Waals surface area contributed by atoms with Crippen LogP contribution in [0.1, 0.15) is 81.1 Å². The summed E-state index contributed by atoms with van der Waals surface area (Å²) in [5.41, 5.74) is -4.63. The first-order valence-electron chi connectivity index (χ1n) is 14.5. The van der Waals surface area contributed by atoms with Crippen molar-refractivity contribution in [2.75, 3.05) is 0 Å². The van der Waals surface area contributed by atoms with Crippen LogP contribution < -0.4 is 0 Å². The molecule has 0 aromatic carbocycles. The normalized spacial score (nSPS) is 46.1. The van der Waals surface area contributed by atoms with E-state index < -0.39 is 88.5 Å². The molecule has 0 unspecified atom stereocenters. The highest BCUT2D eigenvalue weighted by Gasteiger charge is 2.89. The zero-order valence-electron chi connectivity index (χ0n) is 25.3. The average molecular weight is 593 g/mol. The number of hydrogen-bond acceptors (Lipinski definition) is 12. The van der Waals surface area contributed by atoms with Crippen molar-refractivity contribution in [1.82, 2.24) is 0 Å². The fourth-order valence-corrected chi connectivity index (χ4v) is 7.81. The van der Waals surface area contributed by atoms with Gasteiger partial charge in [-0.2, -0.15) is 0 Å². The molecule has 1 spiro atoms. The molecule has 0 aromatic rings. The number of esters is 5. The predicted molar refractivity (Wildman–Crippen MR) is 141 cm³/mol. The van der Waals surface area contributed by atoms with Gasteiger partial charge in [-0.05, 0) is 38.8 Å². The van der Waals surface area contributed by atoms with Crippen LogP contribution >= 0.6 is 0 Å². The fraction of sp³-hybridized carbons (Fsp3) is 0.767. The number of epoxide rings is 2. The summed E-state index contributed by atoms with van der Waals surface area (Å²) in [6, 6.07) is 0. The highest BCUT2D eigenvalue weighted by atomic mass is 16.7. The predicted octanol–water partition coefficient (Wildman–Crippen LogP) is 2.48. The van der Waals surface area contributed by atoms with E-state index in [1.807, 2.05) is 20.8 Å². The van der Waals surface area contributed by atoms with Gasteiger partial charge in [-0.25, -0.2) is 4.79 Å². The number of hydrogen-bond donors (Lipinski definition) is 0. The van der Waals surface area contributed by atoms with Gasteiger partial charge in [0, 0.05) is 46.0 Å². The molecule has 5 aliphatic rings. The molecular weight excluding hydrogens is 552 g/mol. The lowest BCUT2D eigenvalue weighted by atomic mass is 9.53. The number of carbonyl (C=O) groups excluding carboxylic acids is 5. The summed E-state index contributed by atoms with van der Waals surface area (Å²) < 4.78 is 42.3. The molecule has 0 N–H and O–H groups in total. The summed E-state index contributed by atoms with van der Waals surface area (Å²) in [6.07, 6.45) is -2.70. The SMILES string of the molecule is CCCC(=O)O[C@H]1C[C@@H](OC(C)=O)/C(C)=C\[C@@H]2OC(=O)[C@]3(C)O[C@@]23[C@@H](OC(C)=O)[C@H]2[C@@]3(C)O[C@H]3C[C@H](OC(C)=O)[C@]12C. The van der Waals surface area contributed by atoms with Gasteiger partial charge in [0.2, 0.25) is 0 Å². The molecule has 3 heterocycles. The molecule has 0 radical (unpaired) electrons. The van der Waals surface area contributed by atoms with Crippen molar-refractivity contribution in [1.29, 1.82) is 0 Å². The van der Waals surface area contributed by atoms with Crippen LogP contribution in [-0.4, -0.2) is 83.3 Å². The molecule has 5 rings (SSSR count). The summed E-state index contributed by atoms with van der Waals surface area (Å²) >= 11 is 0. The van der Waals surface area contributed by atoms with Gasteiger partial charge in [-0.3, -0.25) is 19.2 Å². The van der Waals surface area contributed by atoms with Gasteiger partial charge in [0.15, 0.2) is 17.3 Å². The van der Waals surface area contributed by atoms with Gasteiger partial charge in [0.1, 0.15) is 24.4 Å². The van der Waals surface area contributed by atoms with E-state index in [0.29, 0.717) is 12.0 Å². The fourth-order valence-electron chi connectivity index (χ4n) is 7.81. The van der Waals surface area contributed by atoms with Gasteiger partial charge in [-0.15, -0.1) is 0 Å². The maximum Gasteiger partial charge on any atom is 0.342 e. The van der Waals surface area contributed by atoms with Crippen LogP contribution in [0.5, 0.6) is 0 Å². The number of carbonyl (C=O) groups is 5. The summed E-state index contributed by atoms with van der Waals surface area (Å²) in [4.78, 5) is 63.9. The Balaban J connectivity index is 1.78. The first kappa shape index (κ1) is 30.5. The third-order valence-electron chi connectivity index (χ3n) is 9.92. The van der Waals surface area contributed by atoms with Crippen LogP contribution in [-0.2, 0) is 57.1 Å². The van der Waals surface area contributed by atoms with E-state index in [9.17, 15) is 24.0 Å². The number of fused-ring (bicyclic) bond motifs is 3. The summed E-state index contributed by atoms with van der Waals surface area (Å²) in [5.74, 6) is -3.68. The van der Waals surface area contributed by atoms with Crippen molar-refractivity contribution in [2.45, 2.75) is 135 Å². The molecule has 42 heavy (non-hydrogen) atoms. The topological polar surface area (TPSA) is 157 Å². The van der Waals surface area contributed by atoms with E-state index in [0.717, 1.165) is 0 Å². The van der Waals surface area contributed by atoms with E-state index in [1.54, 1.807) is 19.9 Å². The van der Waals surface area contributed by atoms with Crippen molar-refractivity contribution in [3.8, 4) is 0 Å². The van der Waals surface area contributed by atoms with Gasteiger partial charge >= 0.3 is 29.8 Å². The summed E-state index contributed by atoms with van der Waals surface area (Å²) in [5, 5.41) is 0. The molecule has 0 aromatic heterocycles. The molecule has 4 fully saturated rings. The molecule has 12 heteroatoms. The Hall–Kier alpha value is -2.99. The largest absolute Gasteiger partial charge is 0.462 e. The molecule has 2 aliphatic carbocycles. The highest BCUT2D eigenvalue weighted by Crippen LogP contribution is 2.69. The Bertz CT molecular complexity index is 1240. The zero-order valence-corrected chi connectivity index (χ0v) is 25.3. The van der Waals surface area contributed by atoms with E-state index in [-0.39, 0.29) is 25.4 Å². The first-order chi connectivity index (χ1) is 19.5. The monoisotopic (exact) mass is 592 g/mol. The summed E-state index contributed by atoms with van der Waals surface area (Å²) in [6.45, 7) is 12.6. The Morgan fingerprint density at radius 2 is 1.55 bits per heavy atom. The lowest BCUT2D eigenvalue weighted by Crippen LogP contribution is -2.66. The van der Waals surface area contributed by atoms with E-state index in [1.165, 1.54) is 20.8 Å². The Morgan fingerprint density at radius 1 is 0.929 bits per heavy atom. The van der Waals surface area contributed by atoms with E-state index in [4.69, 9.17) is 33.2 Å². The molecule has 232 valence electrons. The molecule has 12 nitrogen and oxygen atoms in total. The Morgan fingerprint density at radius 3 is 2.12 bits per heavy atom. The van der Waals surface area contributed by atoms with E-state index in [2.05, 4.69) is 0 Å². The van der Waals surface area contributed by atoms with Crippen molar-refractivity contribution in [2.24, 2.45) is 11.3 Å². The van der Waals surface area contributed by atoms with E-state index >= 15 is 0 Å². The minimum absolute atomic E-state index is 0.00145. The molecule has 3 saturated heterocycles. The van der Waals surface area contributed by atoms with Crippen molar-refractivity contribution < 1.29 is 57.1 Å². The molecule has 0 bridgehead atoms. The van der Waals surface area contributed by atoms with Crippen molar-refractivity contribution >= 4 is 29.8 Å². The summed E-state index contributed by atoms with van der Waals surface area (Å²) in [7, 11) is 0. The van der Waals surface area contributed by atoms with Crippen LogP contribution in [0.15, 0.2) is 11.6 Å². The quantitative estimate of drug-likeness (QED) is 0.192. The second-order valence-corrected chi connectivity index (χ2v) is 12.7. The minimum Gasteiger partial charge on any atom is -0.462 e. The Labute approximate surface area is 244 Å². The first-order valence-corrected chi connectivity index (χ1v) is 14.5. The lowest BCUT2D eigenvalue weighted by molar-refractivity contribution is -0.216. The van der Waals surface area contributed by atoms with Gasteiger partial charge in [-0.1, -0.05) is 13.8 Å². The molecule has 11 atom stereocenters. The molecule has 3 aliphatic heterocycles. The highest BCUT2D eigenvalue weighted by molar-refractivity contribution is 5.89. The van der Waals surface area contributed by atoms with Crippen LogP contribution in [0.4, 0.5) is 0 Å². The lowest BCUT2D eigenvalue weighted by Gasteiger charge is -2.54. The smallest absolute Gasteiger partial charge is 0.342 e. The second-order valence-electron chi connectivity index (χ2n) is 12.7.